The van der Waals surface area contributed by atoms with E-state index in [1.54, 1.807) is 12.1 Å². The van der Waals surface area contributed by atoms with Crippen molar-refractivity contribution in [3.63, 3.8) is 0 Å². The van der Waals surface area contributed by atoms with E-state index in [0.29, 0.717) is 17.7 Å². The predicted octanol–water partition coefficient (Wildman–Crippen LogP) is 2.63. The SMILES string of the molecule is CC(=O)Oc1cccc2c1C(=O)CC2Br. The van der Waals surface area contributed by atoms with Gasteiger partial charge >= 0.3 is 5.97 Å². The molecule has 0 bridgehead atoms. The maximum Gasteiger partial charge on any atom is 0.308 e. The van der Waals surface area contributed by atoms with Crippen LogP contribution in [0.3, 0.4) is 0 Å². The normalized spacial score (nSPS) is 18.8. The van der Waals surface area contributed by atoms with Crippen molar-refractivity contribution < 1.29 is 14.3 Å². The predicted molar refractivity (Wildman–Crippen MR) is 58.4 cm³/mol. The number of hydrogen-bond acceptors (Lipinski definition) is 3. The van der Waals surface area contributed by atoms with E-state index in [-0.39, 0.29) is 10.6 Å². The topological polar surface area (TPSA) is 43.4 Å². The highest BCUT2D eigenvalue weighted by Crippen LogP contribution is 2.41. The summed E-state index contributed by atoms with van der Waals surface area (Å²) in [5.74, 6) is -0.0232. The van der Waals surface area contributed by atoms with E-state index in [4.69, 9.17) is 4.74 Å². The molecule has 1 unspecified atom stereocenters. The molecule has 0 N–H and O–H groups in total. The van der Waals surface area contributed by atoms with Gasteiger partial charge in [0.25, 0.3) is 0 Å². The molecule has 2 rings (SSSR count). The summed E-state index contributed by atoms with van der Waals surface area (Å²) >= 11 is 3.42. The van der Waals surface area contributed by atoms with E-state index in [0.717, 1.165) is 5.56 Å². The standard InChI is InChI=1S/C11H9BrO3/c1-6(13)15-10-4-2-3-7-8(12)5-9(14)11(7)10/h2-4,8H,5H2,1H3. The minimum absolute atomic E-state index is 0.0173. The molecule has 1 atom stereocenters. The lowest BCUT2D eigenvalue weighted by Gasteiger charge is -2.06. The van der Waals surface area contributed by atoms with E-state index in [1.807, 2.05) is 6.07 Å². The van der Waals surface area contributed by atoms with Gasteiger partial charge in [-0.3, -0.25) is 9.59 Å². The first-order chi connectivity index (χ1) is 7.09. The Balaban J connectivity index is 2.50. The Morgan fingerprint density at radius 3 is 2.93 bits per heavy atom. The van der Waals surface area contributed by atoms with Crippen LogP contribution in [0.15, 0.2) is 18.2 Å². The van der Waals surface area contributed by atoms with Gasteiger partial charge in [-0.1, -0.05) is 28.1 Å². The Morgan fingerprint density at radius 2 is 2.27 bits per heavy atom. The first-order valence-corrected chi connectivity index (χ1v) is 5.49. The summed E-state index contributed by atoms with van der Waals surface area (Å²) in [6, 6.07) is 5.29. The maximum atomic E-state index is 11.7. The number of ether oxygens (including phenoxy) is 1. The number of alkyl halides is 1. The number of rotatable bonds is 1. The Labute approximate surface area is 95.6 Å². The summed E-state index contributed by atoms with van der Waals surface area (Å²) in [5, 5.41) is 0. The van der Waals surface area contributed by atoms with Gasteiger partial charge in [0, 0.05) is 18.2 Å². The first kappa shape index (κ1) is 10.4. The highest BCUT2D eigenvalue weighted by Gasteiger charge is 2.30. The number of carbonyl (C=O) groups is 2. The summed E-state index contributed by atoms with van der Waals surface area (Å²) in [6.45, 7) is 1.32. The number of benzene rings is 1. The Bertz CT molecular complexity index is 439. The van der Waals surface area contributed by atoms with Crippen molar-refractivity contribution in [1.82, 2.24) is 0 Å². The Hall–Kier alpha value is -1.16. The van der Waals surface area contributed by atoms with Crippen LogP contribution in [-0.4, -0.2) is 11.8 Å². The van der Waals surface area contributed by atoms with Crippen LogP contribution < -0.4 is 4.74 Å². The van der Waals surface area contributed by atoms with Crippen molar-refractivity contribution in [1.29, 1.82) is 0 Å². The molecule has 0 amide bonds. The number of Topliss-reactive ketones (excluding diaryl/α,β-unsaturated/α-hetero) is 1. The average Bonchev–Trinajstić information content (AvgIpc) is 2.43. The zero-order valence-corrected chi connectivity index (χ0v) is 9.71. The van der Waals surface area contributed by atoms with Crippen LogP contribution in [0.2, 0.25) is 0 Å². The molecule has 0 saturated carbocycles. The average molecular weight is 269 g/mol. The molecule has 1 aliphatic rings. The third kappa shape index (κ3) is 1.81. The van der Waals surface area contributed by atoms with Gasteiger partial charge < -0.3 is 4.74 Å². The van der Waals surface area contributed by atoms with Crippen LogP contribution in [0, 0.1) is 0 Å². The lowest BCUT2D eigenvalue weighted by molar-refractivity contribution is -0.131. The van der Waals surface area contributed by atoms with Gasteiger partial charge in [-0.25, -0.2) is 0 Å². The minimum Gasteiger partial charge on any atom is -0.426 e. The molecule has 0 fully saturated rings. The van der Waals surface area contributed by atoms with Crippen LogP contribution in [0.1, 0.15) is 34.1 Å². The molecule has 1 aromatic carbocycles. The van der Waals surface area contributed by atoms with E-state index in [1.165, 1.54) is 6.92 Å². The molecule has 78 valence electrons. The fourth-order valence-corrected chi connectivity index (χ4v) is 2.40. The molecule has 0 radical (unpaired) electrons. The summed E-state index contributed by atoms with van der Waals surface area (Å²) in [6.07, 6.45) is 0.424. The molecule has 4 heteroatoms. The van der Waals surface area contributed by atoms with Crippen LogP contribution >= 0.6 is 15.9 Å². The Kier molecular flexibility index (Phi) is 2.61. The van der Waals surface area contributed by atoms with Gasteiger partial charge in [0.1, 0.15) is 5.75 Å². The van der Waals surface area contributed by atoms with Crippen molar-refractivity contribution in [2.24, 2.45) is 0 Å². The quantitative estimate of drug-likeness (QED) is 0.447. The second-order valence-corrected chi connectivity index (χ2v) is 4.51. The third-order valence-corrected chi connectivity index (χ3v) is 3.11. The molecule has 0 spiro atoms. The molecule has 0 aliphatic heterocycles. The van der Waals surface area contributed by atoms with Crippen molar-refractivity contribution >= 4 is 27.7 Å². The largest absolute Gasteiger partial charge is 0.426 e. The molecule has 0 aromatic heterocycles. The van der Waals surface area contributed by atoms with Crippen molar-refractivity contribution in [3.8, 4) is 5.75 Å². The monoisotopic (exact) mass is 268 g/mol. The minimum atomic E-state index is -0.408. The number of hydrogen-bond donors (Lipinski definition) is 0. The maximum absolute atomic E-state index is 11.7. The molecule has 1 aromatic rings. The van der Waals surface area contributed by atoms with Crippen molar-refractivity contribution in [2.45, 2.75) is 18.2 Å². The molecule has 0 heterocycles. The second kappa shape index (κ2) is 3.77. The summed E-state index contributed by atoms with van der Waals surface area (Å²) in [5.41, 5.74) is 1.44. The van der Waals surface area contributed by atoms with E-state index < -0.39 is 5.97 Å². The van der Waals surface area contributed by atoms with Crippen LogP contribution in [0.25, 0.3) is 0 Å². The highest BCUT2D eigenvalue weighted by atomic mass is 79.9. The number of fused-ring (bicyclic) bond motifs is 1. The van der Waals surface area contributed by atoms with Gasteiger partial charge in [0.2, 0.25) is 0 Å². The van der Waals surface area contributed by atoms with Gasteiger partial charge in [0.15, 0.2) is 5.78 Å². The van der Waals surface area contributed by atoms with Gasteiger partial charge in [-0.05, 0) is 11.6 Å². The lowest BCUT2D eigenvalue weighted by Crippen LogP contribution is -2.05. The van der Waals surface area contributed by atoms with Gasteiger partial charge in [-0.15, -0.1) is 0 Å². The van der Waals surface area contributed by atoms with E-state index >= 15 is 0 Å². The van der Waals surface area contributed by atoms with E-state index in [9.17, 15) is 9.59 Å². The highest BCUT2D eigenvalue weighted by molar-refractivity contribution is 9.09. The number of halogens is 1. The lowest BCUT2D eigenvalue weighted by atomic mass is 10.1. The number of ketones is 1. The fourth-order valence-electron chi connectivity index (χ4n) is 1.72. The van der Waals surface area contributed by atoms with Crippen LogP contribution in [-0.2, 0) is 4.79 Å². The first-order valence-electron chi connectivity index (χ1n) is 4.58. The van der Waals surface area contributed by atoms with E-state index in [2.05, 4.69) is 15.9 Å². The van der Waals surface area contributed by atoms with Gasteiger partial charge in [0.05, 0.1) is 5.56 Å². The molecule has 0 saturated heterocycles. The zero-order valence-electron chi connectivity index (χ0n) is 8.12. The fraction of sp³-hybridized carbons (Fsp3) is 0.273. The smallest absolute Gasteiger partial charge is 0.308 e. The van der Waals surface area contributed by atoms with Crippen molar-refractivity contribution in [3.05, 3.63) is 29.3 Å². The molecular weight excluding hydrogens is 260 g/mol. The van der Waals surface area contributed by atoms with Crippen LogP contribution in [0.5, 0.6) is 5.75 Å². The Morgan fingerprint density at radius 1 is 1.53 bits per heavy atom. The molecular formula is C11H9BrO3. The molecule has 3 nitrogen and oxygen atoms in total. The zero-order chi connectivity index (χ0) is 11.0. The second-order valence-electron chi connectivity index (χ2n) is 3.41. The number of carbonyl (C=O) groups excluding carboxylic acids is 2. The molecule has 15 heavy (non-hydrogen) atoms. The summed E-state index contributed by atoms with van der Waals surface area (Å²) < 4.78 is 5.00. The van der Waals surface area contributed by atoms with Crippen molar-refractivity contribution in [2.75, 3.05) is 0 Å². The summed E-state index contributed by atoms with van der Waals surface area (Å²) in [4.78, 5) is 22.6. The molecule has 1 aliphatic carbocycles. The third-order valence-electron chi connectivity index (χ3n) is 2.29. The number of esters is 1. The summed E-state index contributed by atoms with van der Waals surface area (Å²) in [7, 11) is 0. The van der Waals surface area contributed by atoms with Gasteiger partial charge in [-0.2, -0.15) is 0 Å². The van der Waals surface area contributed by atoms with Crippen LogP contribution in [0.4, 0.5) is 0 Å².